The van der Waals surface area contributed by atoms with Crippen LogP contribution >= 0.6 is 0 Å². The lowest BCUT2D eigenvalue weighted by Gasteiger charge is -2.09. The fourth-order valence-electron chi connectivity index (χ4n) is 1.65. The summed E-state index contributed by atoms with van der Waals surface area (Å²) in [7, 11) is -2.92. The third-order valence-electron chi connectivity index (χ3n) is 2.71. The van der Waals surface area contributed by atoms with Gasteiger partial charge in [0.05, 0.1) is 11.9 Å². The van der Waals surface area contributed by atoms with Gasteiger partial charge >= 0.3 is 0 Å². The van der Waals surface area contributed by atoms with Crippen LogP contribution < -0.4 is 0 Å². The molecule has 4 heteroatoms. The summed E-state index contributed by atoms with van der Waals surface area (Å²) >= 11 is 0. The summed E-state index contributed by atoms with van der Waals surface area (Å²) in [6.07, 6.45) is 9.08. The maximum absolute atomic E-state index is 10.9. The fraction of sp³-hybridized carbons (Fsp3) is 1.00. The molecule has 0 aromatic heterocycles. The van der Waals surface area contributed by atoms with Gasteiger partial charge in [-0.1, -0.05) is 45.4 Å². The lowest BCUT2D eigenvalue weighted by molar-refractivity contribution is 0.157. The van der Waals surface area contributed by atoms with Crippen LogP contribution in [0.25, 0.3) is 0 Å². The molecule has 0 aliphatic heterocycles. The summed E-state index contributed by atoms with van der Waals surface area (Å²) in [5, 5.41) is 9.55. The van der Waals surface area contributed by atoms with Gasteiger partial charge in [0.25, 0.3) is 0 Å². The molecule has 16 heavy (non-hydrogen) atoms. The number of aliphatic hydroxyl groups excluding tert-OH is 1. The van der Waals surface area contributed by atoms with Gasteiger partial charge in [-0.05, 0) is 12.8 Å². The van der Waals surface area contributed by atoms with Crippen molar-refractivity contribution in [2.75, 3.05) is 12.0 Å². The van der Waals surface area contributed by atoms with E-state index in [0.717, 1.165) is 19.3 Å². The lowest BCUT2D eigenvalue weighted by Crippen LogP contribution is -2.13. The van der Waals surface area contributed by atoms with Crippen molar-refractivity contribution in [3.63, 3.8) is 0 Å². The molecule has 0 aromatic rings. The number of sulfone groups is 1. The Morgan fingerprint density at radius 3 is 2.12 bits per heavy atom. The fourth-order valence-corrected chi connectivity index (χ4v) is 2.35. The molecule has 0 saturated heterocycles. The second kappa shape index (κ2) is 8.99. The molecule has 0 amide bonds. The Morgan fingerprint density at radius 2 is 1.56 bits per heavy atom. The molecule has 0 fully saturated rings. The highest BCUT2D eigenvalue weighted by Crippen LogP contribution is 2.10. The Labute approximate surface area is 100 Å². The monoisotopic (exact) mass is 250 g/mol. The van der Waals surface area contributed by atoms with Crippen molar-refractivity contribution in [1.82, 2.24) is 0 Å². The molecule has 1 atom stereocenters. The maximum Gasteiger partial charge on any atom is 0.147 e. The first kappa shape index (κ1) is 15.9. The van der Waals surface area contributed by atoms with Crippen molar-refractivity contribution < 1.29 is 13.5 Å². The minimum Gasteiger partial charge on any atom is -0.393 e. The Balaban J connectivity index is 3.34. The molecule has 98 valence electrons. The van der Waals surface area contributed by atoms with Gasteiger partial charge in [0.1, 0.15) is 9.84 Å². The van der Waals surface area contributed by atoms with E-state index < -0.39 is 15.9 Å². The lowest BCUT2D eigenvalue weighted by atomic mass is 10.1. The zero-order chi connectivity index (χ0) is 12.4. The SMILES string of the molecule is CCCCCCCCC(O)CCS(C)(=O)=O. The molecule has 0 rings (SSSR count). The second-order valence-corrected chi connectivity index (χ2v) is 6.89. The molecule has 0 spiro atoms. The Hall–Kier alpha value is -0.0900. The number of aliphatic hydroxyl groups is 1. The predicted octanol–water partition coefficient (Wildman–Crippen LogP) is 2.53. The smallest absolute Gasteiger partial charge is 0.147 e. The molecular formula is C12H26O3S. The topological polar surface area (TPSA) is 54.4 Å². The van der Waals surface area contributed by atoms with E-state index in [0.29, 0.717) is 6.42 Å². The molecule has 0 saturated carbocycles. The van der Waals surface area contributed by atoms with Crippen molar-refractivity contribution in [3.05, 3.63) is 0 Å². The number of rotatable bonds is 10. The van der Waals surface area contributed by atoms with E-state index in [1.165, 1.54) is 31.9 Å². The van der Waals surface area contributed by atoms with Crippen LogP contribution in [0.3, 0.4) is 0 Å². The zero-order valence-electron chi connectivity index (χ0n) is 10.6. The van der Waals surface area contributed by atoms with Gasteiger partial charge in [0.2, 0.25) is 0 Å². The maximum atomic E-state index is 10.9. The van der Waals surface area contributed by atoms with Crippen molar-refractivity contribution in [1.29, 1.82) is 0 Å². The van der Waals surface area contributed by atoms with Crippen LogP contribution in [0.4, 0.5) is 0 Å². The molecule has 0 radical (unpaired) electrons. The van der Waals surface area contributed by atoms with E-state index in [-0.39, 0.29) is 5.75 Å². The van der Waals surface area contributed by atoms with Crippen LogP contribution in [0, 0.1) is 0 Å². The van der Waals surface area contributed by atoms with Crippen LogP contribution in [0.2, 0.25) is 0 Å². The third-order valence-corrected chi connectivity index (χ3v) is 3.69. The summed E-state index contributed by atoms with van der Waals surface area (Å²) in [6, 6.07) is 0. The van der Waals surface area contributed by atoms with Gasteiger partial charge in [-0.15, -0.1) is 0 Å². The highest BCUT2D eigenvalue weighted by Gasteiger charge is 2.08. The van der Waals surface area contributed by atoms with E-state index in [9.17, 15) is 13.5 Å². The molecule has 0 heterocycles. The third kappa shape index (κ3) is 12.0. The van der Waals surface area contributed by atoms with E-state index >= 15 is 0 Å². The normalized spacial score (nSPS) is 13.9. The standard InChI is InChI=1S/C12H26O3S/c1-3-4-5-6-7-8-9-12(13)10-11-16(2,14)15/h12-13H,3-11H2,1-2H3. The molecule has 0 aliphatic rings. The van der Waals surface area contributed by atoms with Crippen molar-refractivity contribution >= 4 is 9.84 Å². The quantitative estimate of drug-likeness (QED) is 0.606. The molecule has 0 aliphatic carbocycles. The van der Waals surface area contributed by atoms with Crippen LogP contribution in [-0.4, -0.2) is 31.6 Å². The first-order chi connectivity index (χ1) is 7.45. The first-order valence-corrected chi connectivity index (χ1v) is 8.37. The Bertz CT molecular complexity index is 247. The van der Waals surface area contributed by atoms with Gasteiger partial charge in [0.15, 0.2) is 0 Å². The zero-order valence-corrected chi connectivity index (χ0v) is 11.4. The average Bonchev–Trinajstić information content (AvgIpc) is 2.19. The number of unbranched alkanes of at least 4 members (excludes halogenated alkanes) is 5. The predicted molar refractivity (Wildman–Crippen MR) is 68.3 cm³/mol. The van der Waals surface area contributed by atoms with E-state index in [1.807, 2.05) is 0 Å². The average molecular weight is 250 g/mol. The van der Waals surface area contributed by atoms with Crippen molar-refractivity contribution in [2.24, 2.45) is 0 Å². The molecule has 0 bridgehead atoms. The summed E-state index contributed by atoms with van der Waals surface area (Å²) < 4.78 is 21.7. The van der Waals surface area contributed by atoms with Crippen LogP contribution in [0.5, 0.6) is 0 Å². The Morgan fingerprint density at radius 1 is 1.00 bits per heavy atom. The first-order valence-electron chi connectivity index (χ1n) is 6.31. The number of hydrogen-bond acceptors (Lipinski definition) is 3. The number of hydrogen-bond donors (Lipinski definition) is 1. The summed E-state index contributed by atoms with van der Waals surface area (Å²) in [5.74, 6) is 0.101. The largest absolute Gasteiger partial charge is 0.393 e. The van der Waals surface area contributed by atoms with Gasteiger partial charge in [-0.25, -0.2) is 8.42 Å². The van der Waals surface area contributed by atoms with E-state index in [4.69, 9.17) is 0 Å². The Kier molecular flexibility index (Phi) is 8.94. The van der Waals surface area contributed by atoms with Gasteiger partial charge in [-0.2, -0.15) is 0 Å². The van der Waals surface area contributed by atoms with E-state index in [1.54, 1.807) is 0 Å². The highest BCUT2D eigenvalue weighted by atomic mass is 32.2. The van der Waals surface area contributed by atoms with Gasteiger partial charge < -0.3 is 5.11 Å². The van der Waals surface area contributed by atoms with Crippen molar-refractivity contribution in [2.45, 2.75) is 64.4 Å². The minimum atomic E-state index is -2.92. The summed E-state index contributed by atoms with van der Waals surface area (Å²) in [5.41, 5.74) is 0. The van der Waals surface area contributed by atoms with Gasteiger partial charge in [-0.3, -0.25) is 0 Å². The minimum absolute atomic E-state index is 0.101. The molecular weight excluding hydrogens is 224 g/mol. The second-order valence-electron chi connectivity index (χ2n) is 4.63. The van der Waals surface area contributed by atoms with Crippen molar-refractivity contribution in [3.8, 4) is 0 Å². The summed E-state index contributed by atoms with van der Waals surface area (Å²) in [6.45, 7) is 2.19. The highest BCUT2D eigenvalue weighted by molar-refractivity contribution is 7.90. The van der Waals surface area contributed by atoms with Crippen LogP contribution in [0.15, 0.2) is 0 Å². The molecule has 3 nitrogen and oxygen atoms in total. The summed E-state index contributed by atoms with van der Waals surface area (Å²) in [4.78, 5) is 0. The molecule has 1 N–H and O–H groups in total. The van der Waals surface area contributed by atoms with Crippen LogP contribution in [-0.2, 0) is 9.84 Å². The molecule has 1 unspecified atom stereocenters. The van der Waals surface area contributed by atoms with Crippen LogP contribution in [0.1, 0.15) is 58.3 Å². The van der Waals surface area contributed by atoms with E-state index in [2.05, 4.69) is 6.92 Å². The van der Waals surface area contributed by atoms with Gasteiger partial charge in [0, 0.05) is 6.26 Å². The molecule has 0 aromatic carbocycles.